The Bertz CT molecular complexity index is 298. The van der Waals surface area contributed by atoms with Gasteiger partial charge in [0, 0.05) is 36.3 Å². The van der Waals surface area contributed by atoms with E-state index in [9.17, 15) is 0 Å². The Kier molecular flexibility index (Phi) is 8.03. The summed E-state index contributed by atoms with van der Waals surface area (Å²) in [6, 6.07) is 5.04. The van der Waals surface area contributed by atoms with Gasteiger partial charge in [0.25, 0.3) is 0 Å². The summed E-state index contributed by atoms with van der Waals surface area (Å²) < 4.78 is 0. The van der Waals surface area contributed by atoms with Gasteiger partial charge in [-0.2, -0.15) is 0 Å². The third-order valence-electron chi connectivity index (χ3n) is 2.28. The van der Waals surface area contributed by atoms with Crippen LogP contribution in [0.1, 0.15) is 11.4 Å². The molecule has 0 spiro atoms. The Hall–Kier alpha value is -0.720. The van der Waals surface area contributed by atoms with Crippen LogP contribution in [0.3, 0.4) is 0 Å². The molecule has 98 valence electrons. The average Bonchev–Trinajstić information content (AvgIpc) is 2.29. The summed E-state index contributed by atoms with van der Waals surface area (Å²) in [5.41, 5.74) is 12.9. The molecule has 1 aromatic rings. The second-order valence-electron chi connectivity index (χ2n) is 3.91. The van der Waals surface area contributed by atoms with Gasteiger partial charge < -0.3 is 21.7 Å². The van der Waals surface area contributed by atoms with E-state index in [0.29, 0.717) is 12.8 Å². The molecule has 0 radical (unpaired) electrons. The highest BCUT2D eigenvalue weighted by Gasteiger charge is 2.07. The van der Waals surface area contributed by atoms with E-state index in [4.69, 9.17) is 21.7 Å². The third-order valence-corrected chi connectivity index (χ3v) is 2.28. The molecule has 0 aliphatic heterocycles. The summed E-state index contributed by atoms with van der Waals surface area (Å²) in [7, 11) is 0. The third kappa shape index (κ3) is 5.95. The van der Waals surface area contributed by atoms with Gasteiger partial charge in [0.1, 0.15) is 0 Å². The zero-order valence-corrected chi connectivity index (χ0v) is 10.4. The predicted octanol–water partition coefficient (Wildman–Crippen LogP) is -0.772. The minimum absolute atomic E-state index is 0. The second-order valence-corrected chi connectivity index (χ2v) is 3.91. The minimum atomic E-state index is -0.283. The van der Waals surface area contributed by atoms with E-state index >= 15 is 0 Å². The van der Waals surface area contributed by atoms with Crippen LogP contribution in [0.25, 0.3) is 0 Å². The molecule has 0 saturated carbocycles. The van der Waals surface area contributed by atoms with Crippen LogP contribution in [0.4, 0.5) is 0 Å². The average molecular weight is 262 g/mol. The molecule has 6 heteroatoms. The van der Waals surface area contributed by atoms with Crippen molar-refractivity contribution < 1.29 is 10.2 Å². The highest BCUT2D eigenvalue weighted by Crippen LogP contribution is 2.04. The van der Waals surface area contributed by atoms with Gasteiger partial charge in [0.05, 0.1) is 13.2 Å². The van der Waals surface area contributed by atoms with Crippen molar-refractivity contribution in [3.05, 3.63) is 29.6 Å². The molecule has 6 N–H and O–H groups in total. The summed E-state index contributed by atoms with van der Waals surface area (Å²) in [5, 5.41) is 17.7. The molecule has 0 amide bonds. The fourth-order valence-electron chi connectivity index (χ4n) is 1.42. The summed E-state index contributed by atoms with van der Waals surface area (Å²) in [4.78, 5) is 4.37. The number of rotatable bonds is 6. The maximum Gasteiger partial charge on any atom is 0.0586 e. The lowest BCUT2D eigenvalue weighted by atomic mass is 10.1. The maximum atomic E-state index is 8.84. The molecule has 0 aliphatic carbocycles. The molecule has 5 nitrogen and oxygen atoms in total. The number of aromatic nitrogens is 1. The molecule has 2 unspecified atom stereocenters. The van der Waals surface area contributed by atoms with Gasteiger partial charge in [-0.05, 0) is 12.1 Å². The van der Waals surface area contributed by atoms with Crippen molar-refractivity contribution in [1.29, 1.82) is 0 Å². The Balaban J connectivity index is 0.00000256. The predicted molar refractivity (Wildman–Crippen MR) is 69.0 cm³/mol. The first-order valence-electron chi connectivity index (χ1n) is 5.33. The van der Waals surface area contributed by atoms with Gasteiger partial charge in [-0.3, -0.25) is 4.98 Å². The van der Waals surface area contributed by atoms with Crippen molar-refractivity contribution in [3.63, 3.8) is 0 Å². The van der Waals surface area contributed by atoms with Crippen LogP contribution in [0, 0.1) is 0 Å². The van der Waals surface area contributed by atoms with Gasteiger partial charge in [-0.1, -0.05) is 6.07 Å². The number of aliphatic hydroxyl groups is 2. The lowest BCUT2D eigenvalue weighted by Crippen LogP contribution is -2.28. The SMILES string of the molecule is Cl.NC(CO)Cc1cccc(CC(N)CO)n1. The lowest BCUT2D eigenvalue weighted by molar-refractivity contribution is 0.263. The maximum absolute atomic E-state index is 8.84. The molecule has 1 rings (SSSR count). The zero-order chi connectivity index (χ0) is 12.0. The Morgan fingerprint density at radius 2 is 1.41 bits per heavy atom. The molecular formula is C11H20ClN3O2. The number of halogens is 1. The van der Waals surface area contributed by atoms with Gasteiger partial charge in [0.2, 0.25) is 0 Å². The van der Waals surface area contributed by atoms with Crippen LogP contribution >= 0.6 is 12.4 Å². The van der Waals surface area contributed by atoms with E-state index in [1.54, 1.807) is 0 Å². The van der Waals surface area contributed by atoms with E-state index in [1.807, 2.05) is 18.2 Å². The first kappa shape index (κ1) is 16.3. The molecular weight excluding hydrogens is 242 g/mol. The first-order valence-corrected chi connectivity index (χ1v) is 5.33. The summed E-state index contributed by atoms with van der Waals surface area (Å²) >= 11 is 0. The quantitative estimate of drug-likeness (QED) is 0.538. The van der Waals surface area contributed by atoms with Crippen LogP contribution in [-0.4, -0.2) is 40.5 Å². The number of pyridine rings is 1. The van der Waals surface area contributed by atoms with Crippen LogP contribution in [-0.2, 0) is 12.8 Å². The molecule has 0 saturated heterocycles. The Morgan fingerprint density at radius 3 is 1.76 bits per heavy atom. The summed E-state index contributed by atoms with van der Waals surface area (Å²) in [6.45, 7) is -0.107. The first-order chi connectivity index (χ1) is 7.65. The zero-order valence-electron chi connectivity index (χ0n) is 9.62. The van der Waals surface area contributed by atoms with Gasteiger partial charge in [-0.25, -0.2) is 0 Å². The number of nitrogens with zero attached hydrogens (tertiary/aromatic N) is 1. The number of hydrogen-bond acceptors (Lipinski definition) is 5. The van der Waals surface area contributed by atoms with Crippen LogP contribution in [0.5, 0.6) is 0 Å². The van der Waals surface area contributed by atoms with E-state index in [2.05, 4.69) is 4.98 Å². The highest BCUT2D eigenvalue weighted by atomic mass is 35.5. The molecule has 2 atom stereocenters. The van der Waals surface area contributed by atoms with Crippen molar-refractivity contribution in [1.82, 2.24) is 4.98 Å². The fourth-order valence-corrected chi connectivity index (χ4v) is 1.42. The highest BCUT2D eigenvalue weighted by molar-refractivity contribution is 5.85. The van der Waals surface area contributed by atoms with E-state index in [-0.39, 0.29) is 37.7 Å². The number of aliphatic hydroxyl groups excluding tert-OH is 2. The van der Waals surface area contributed by atoms with Crippen molar-refractivity contribution >= 4 is 12.4 Å². The van der Waals surface area contributed by atoms with Gasteiger partial charge >= 0.3 is 0 Å². The van der Waals surface area contributed by atoms with Crippen LogP contribution in [0.2, 0.25) is 0 Å². The van der Waals surface area contributed by atoms with E-state index < -0.39 is 0 Å². The smallest absolute Gasteiger partial charge is 0.0586 e. The van der Waals surface area contributed by atoms with Crippen LogP contribution < -0.4 is 11.5 Å². The molecule has 0 bridgehead atoms. The topological polar surface area (TPSA) is 105 Å². The molecule has 17 heavy (non-hydrogen) atoms. The van der Waals surface area contributed by atoms with E-state index in [1.165, 1.54) is 0 Å². The molecule has 1 aromatic heterocycles. The molecule has 1 heterocycles. The van der Waals surface area contributed by atoms with Crippen molar-refractivity contribution in [2.45, 2.75) is 24.9 Å². The van der Waals surface area contributed by atoms with Crippen LogP contribution in [0.15, 0.2) is 18.2 Å². The minimum Gasteiger partial charge on any atom is -0.395 e. The lowest BCUT2D eigenvalue weighted by Gasteiger charge is -2.10. The Morgan fingerprint density at radius 1 is 1.00 bits per heavy atom. The standard InChI is InChI=1S/C11H19N3O2.ClH/c12-8(6-15)4-10-2-1-3-11(14-10)5-9(13)7-16;/h1-3,8-9,15-16H,4-7,12-13H2;1H. The Labute approximate surface area is 107 Å². The monoisotopic (exact) mass is 261 g/mol. The summed E-state index contributed by atoms with van der Waals surface area (Å²) in [6.07, 6.45) is 1.08. The molecule has 0 aliphatic rings. The van der Waals surface area contributed by atoms with Gasteiger partial charge in [0.15, 0.2) is 0 Å². The fraction of sp³-hybridized carbons (Fsp3) is 0.545. The molecule has 0 aromatic carbocycles. The van der Waals surface area contributed by atoms with Crippen molar-refractivity contribution in [3.8, 4) is 0 Å². The number of nitrogens with two attached hydrogens (primary N) is 2. The van der Waals surface area contributed by atoms with Crippen molar-refractivity contribution in [2.24, 2.45) is 11.5 Å². The molecule has 0 fully saturated rings. The van der Waals surface area contributed by atoms with E-state index in [0.717, 1.165) is 11.4 Å². The normalized spacial score (nSPS) is 13.9. The van der Waals surface area contributed by atoms with Gasteiger partial charge in [-0.15, -0.1) is 12.4 Å². The number of hydrogen-bond donors (Lipinski definition) is 4. The second kappa shape index (κ2) is 8.38. The van der Waals surface area contributed by atoms with Crippen molar-refractivity contribution in [2.75, 3.05) is 13.2 Å². The summed E-state index contributed by atoms with van der Waals surface area (Å²) in [5.74, 6) is 0. The largest absolute Gasteiger partial charge is 0.395 e.